The van der Waals surface area contributed by atoms with Crippen LogP contribution in [0.2, 0.25) is 0 Å². The summed E-state index contributed by atoms with van der Waals surface area (Å²) in [6.45, 7) is 2.08. The van der Waals surface area contributed by atoms with E-state index < -0.39 is 101 Å². The summed E-state index contributed by atoms with van der Waals surface area (Å²) in [7, 11) is -16.4. The zero-order valence-corrected chi connectivity index (χ0v) is 33.8. The third-order valence-electron chi connectivity index (χ3n) is 7.93. The molecule has 1 aliphatic rings. The van der Waals surface area contributed by atoms with Crippen molar-refractivity contribution in [2.45, 2.75) is 83.5 Å². The second-order valence-corrected chi connectivity index (χ2v) is 18.7. The van der Waals surface area contributed by atoms with Crippen LogP contribution in [0.1, 0.15) is 59.1 Å². The van der Waals surface area contributed by atoms with Crippen molar-refractivity contribution in [3.63, 3.8) is 0 Å². The lowest BCUT2D eigenvalue weighted by Gasteiger charge is -2.30. The zero-order chi connectivity index (χ0) is 42.1. The van der Waals surface area contributed by atoms with Crippen molar-refractivity contribution in [3.05, 3.63) is 12.7 Å². The lowest BCUT2D eigenvalue weighted by molar-refractivity contribution is -0.137. The lowest BCUT2D eigenvalue weighted by atomic mass is 9.87. The largest absolute Gasteiger partial charge is 0.609 e. The van der Waals surface area contributed by atoms with Gasteiger partial charge in [-0.05, 0) is 6.42 Å². The van der Waals surface area contributed by atoms with Gasteiger partial charge in [-0.15, -0.1) is 0 Å². The number of rotatable bonds is 23. The summed E-state index contributed by atoms with van der Waals surface area (Å²) in [5.74, 6) is -1.68. The van der Waals surface area contributed by atoms with Gasteiger partial charge in [0.05, 0.1) is 32.5 Å². The topological polar surface area (TPSA) is 387 Å². The van der Waals surface area contributed by atoms with Gasteiger partial charge in [-0.2, -0.15) is 4.31 Å². The summed E-state index contributed by atoms with van der Waals surface area (Å²) >= 11 is -1.75. The van der Waals surface area contributed by atoms with Crippen molar-refractivity contribution in [2.75, 3.05) is 37.8 Å². The number of hydrogen-bond acceptors (Lipinski definition) is 18. The first-order valence-corrected chi connectivity index (χ1v) is 22.6. The van der Waals surface area contributed by atoms with Crippen molar-refractivity contribution >= 4 is 68.6 Å². The summed E-state index contributed by atoms with van der Waals surface area (Å²) < 4.78 is 74.0. The minimum Gasteiger partial charge on any atom is -0.609 e. The van der Waals surface area contributed by atoms with Crippen LogP contribution in [0.3, 0.4) is 0 Å². The standard InChI is InChI=1S/C27H46N7O18P3S/c1-4-5-6-7-18(36)56(47)11-10-29-17(35)8-9-30-25(39)22(38)27(2,3)13-49-55(45,46)52-54(43,44)48-12-16-21(51-53(40,41)42)20(37)26(50-16)34-15-33-19-23(28)31-14-32-24(19)34/h14-16,20-22,26,37-38H,4-13H2,1-3H3,(H,29,35)(H,30,39)(H,43,44)(H,45,46)(H2,28,31,32)(H2,40,41,42)/t16-,20-,21-,22?,26-,56?/m1/s1. The molecule has 1 saturated heterocycles. The fourth-order valence-corrected chi connectivity index (χ4v) is 8.69. The smallest absolute Gasteiger partial charge is 0.481 e. The van der Waals surface area contributed by atoms with Crippen molar-refractivity contribution in [2.24, 2.45) is 5.41 Å². The summed E-state index contributed by atoms with van der Waals surface area (Å²) in [6, 6.07) is 0. The Labute approximate surface area is 322 Å². The number of aliphatic hydroxyl groups is 2. The Morgan fingerprint density at radius 2 is 1.73 bits per heavy atom. The fraction of sp³-hybridized carbons (Fsp3) is 0.704. The first-order valence-electron chi connectivity index (χ1n) is 16.8. The van der Waals surface area contributed by atoms with E-state index in [2.05, 4.69) is 34.4 Å². The Morgan fingerprint density at radius 1 is 1.05 bits per heavy atom. The first kappa shape index (κ1) is 47.9. The van der Waals surface area contributed by atoms with E-state index in [1.54, 1.807) is 0 Å². The van der Waals surface area contributed by atoms with Gasteiger partial charge in [0.2, 0.25) is 11.8 Å². The predicted octanol–water partition coefficient (Wildman–Crippen LogP) is -0.739. The molecular weight excluding hydrogens is 835 g/mol. The highest BCUT2D eigenvalue weighted by Crippen LogP contribution is 2.61. The second kappa shape index (κ2) is 20.5. The number of hydrogen-bond donors (Lipinski definition) is 9. The van der Waals surface area contributed by atoms with Gasteiger partial charge in [-0.1, -0.05) is 33.6 Å². The highest BCUT2D eigenvalue weighted by Gasteiger charge is 2.50. The maximum absolute atomic E-state index is 12.7. The van der Waals surface area contributed by atoms with E-state index in [0.717, 1.165) is 30.1 Å². The molecule has 318 valence electrons. The number of carbonyl (C=O) groups excluding carboxylic acids is 3. The van der Waals surface area contributed by atoms with Crippen LogP contribution < -0.4 is 16.4 Å². The molecule has 25 nitrogen and oxygen atoms in total. The van der Waals surface area contributed by atoms with Crippen LogP contribution in [0, 0.1) is 5.41 Å². The number of aliphatic hydroxyl groups excluding tert-OH is 2. The van der Waals surface area contributed by atoms with Gasteiger partial charge in [0.25, 0.3) is 0 Å². The molecule has 29 heteroatoms. The van der Waals surface area contributed by atoms with Crippen molar-refractivity contribution in [3.8, 4) is 0 Å². The summed E-state index contributed by atoms with van der Waals surface area (Å²) in [4.78, 5) is 87.4. The molecule has 10 N–H and O–H groups in total. The molecule has 0 radical (unpaired) electrons. The minimum absolute atomic E-state index is 0.0240. The summed E-state index contributed by atoms with van der Waals surface area (Å²) in [6.07, 6.45) is -4.51. The van der Waals surface area contributed by atoms with Crippen LogP contribution in [0.25, 0.3) is 11.2 Å². The van der Waals surface area contributed by atoms with Gasteiger partial charge in [-0.3, -0.25) is 27.7 Å². The molecule has 56 heavy (non-hydrogen) atoms. The summed E-state index contributed by atoms with van der Waals surface area (Å²) in [5, 5.41) is 25.8. The van der Waals surface area contributed by atoms with E-state index >= 15 is 0 Å². The monoisotopic (exact) mass is 881 g/mol. The van der Waals surface area contributed by atoms with Gasteiger partial charge in [0.15, 0.2) is 17.7 Å². The number of nitrogens with one attached hydrogen (secondary N) is 2. The quantitative estimate of drug-likeness (QED) is 0.0377. The molecule has 2 amide bonds. The highest BCUT2D eigenvalue weighted by molar-refractivity contribution is 8.06. The SMILES string of the molecule is CCCCCC(=O)[S+]([O-])CCNC(=O)CCNC(=O)C(O)C(C)(C)COP(=O)(O)OP(=O)(O)OC[C@H]1O[C@@H](n2cnc3c(N)ncnc32)[C@H](O)[C@@H]1OP(=O)(O)O. The number of carbonyl (C=O) groups is 3. The van der Waals surface area contributed by atoms with Crippen molar-refractivity contribution in [1.82, 2.24) is 30.2 Å². The van der Waals surface area contributed by atoms with E-state index in [1.165, 1.54) is 13.8 Å². The number of aromatic nitrogens is 4. The van der Waals surface area contributed by atoms with E-state index in [9.17, 15) is 62.4 Å². The van der Waals surface area contributed by atoms with E-state index in [0.29, 0.717) is 6.42 Å². The average molecular weight is 882 g/mol. The number of fused-ring (bicyclic) bond motifs is 1. The van der Waals surface area contributed by atoms with E-state index in [-0.39, 0.29) is 48.7 Å². The van der Waals surface area contributed by atoms with Gasteiger partial charge in [0.1, 0.15) is 42.0 Å². The molecule has 2 aromatic heterocycles. The van der Waals surface area contributed by atoms with Crippen molar-refractivity contribution < 1.29 is 85.0 Å². The number of ether oxygens (including phenoxy) is 1. The predicted molar refractivity (Wildman–Crippen MR) is 192 cm³/mol. The second-order valence-electron chi connectivity index (χ2n) is 12.9. The van der Waals surface area contributed by atoms with Gasteiger partial charge < -0.3 is 55.4 Å². The maximum Gasteiger partial charge on any atom is 0.481 e. The number of amides is 2. The molecule has 4 unspecified atom stereocenters. The third kappa shape index (κ3) is 14.4. The average Bonchev–Trinajstić information content (AvgIpc) is 3.66. The molecule has 2 aromatic rings. The Morgan fingerprint density at radius 3 is 2.39 bits per heavy atom. The number of nitrogen functional groups attached to an aromatic ring is 1. The molecule has 0 aliphatic carbocycles. The van der Waals surface area contributed by atoms with Crippen LogP contribution >= 0.6 is 23.5 Å². The molecule has 1 aliphatic heterocycles. The molecule has 3 rings (SSSR count). The molecule has 3 heterocycles. The molecule has 1 fully saturated rings. The number of nitrogens with zero attached hydrogens (tertiary/aromatic N) is 4. The van der Waals surface area contributed by atoms with E-state index in [4.69, 9.17) is 19.5 Å². The molecular formula is C27H46N7O18P3S. The molecule has 8 atom stereocenters. The van der Waals surface area contributed by atoms with E-state index in [1.807, 2.05) is 6.92 Å². The number of unbranched alkanes of at least 4 members (excludes halogenated alkanes) is 2. The number of imidazole rings is 1. The molecule has 0 spiro atoms. The Hall–Kier alpha value is -2.48. The van der Waals surface area contributed by atoms with Crippen LogP contribution in [-0.2, 0) is 61.9 Å². The number of nitrogens with two attached hydrogens (primary N) is 1. The first-order chi connectivity index (χ1) is 26.0. The van der Waals surface area contributed by atoms with Gasteiger partial charge in [-0.25, -0.2) is 33.4 Å². The molecule has 0 saturated carbocycles. The van der Waals surface area contributed by atoms with Crippen LogP contribution in [0.15, 0.2) is 12.7 Å². The van der Waals surface area contributed by atoms with Crippen LogP contribution in [0.4, 0.5) is 5.82 Å². The highest BCUT2D eigenvalue weighted by atomic mass is 32.2. The third-order valence-corrected chi connectivity index (χ3v) is 12.3. The lowest BCUT2D eigenvalue weighted by Crippen LogP contribution is -2.46. The van der Waals surface area contributed by atoms with Crippen molar-refractivity contribution in [1.29, 1.82) is 0 Å². The Kier molecular flexibility index (Phi) is 17.5. The maximum atomic E-state index is 12.7. The van der Waals surface area contributed by atoms with Crippen LogP contribution in [0.5, 0.6) is 0 Å². The number of phosphoric ester groups is 3. The number of anilines is 1. The summed E-state index contributed by atoms with van der Waals surface area (Å²) in [5.41, 5.74) is 4.22. The normalized spacial score (nSPS) is 22.2. The minimum atomic E-state index is -5.58. The number of phosphoric acid groups is 3. The Balaban J connectivity index is 1.49. The molecule has 0 bridgehead atoms. The van der Waals surface area contributed by atoms with Crippen LogP contribution in [-0.4, -0.2) is 127 Å². The van der Waals surface area contributed by atoms with Gasteiger partial charge >= 0.3 is 28.6 Å². The fourth-order valence-electron chi connectivity index (χ4n) is 4.97. The zero-order valence-electron chi connectivity index (χ0n) is 30.3. The Bertz CT molecular complexity index is 1820. The molecule has 0 aromatic carbocycles. The van der Waals surface area contributed by atoms with Gasteiger partial charge in [0, 0.05) is 29.6 Å².